The third kappa shape index (κ3) is 2.30. The number of hydrogen-bond donors (Lipinski definition) is 0. The first kappa shape index (κ1) is 17.7. The normalized spacial score (nSPS) is 53.7. The lowest BCUT2D eigenvalue weighted by molar-refractivity contribution is -0.0570. The molecule has 0 aromatic carbocycles. The average Bonchev–Trinajstić information content (AvgIpc) is 2.94. The Morgan fingerprint density at radius 2 is 1.96 bits per heavy atom. The Balaban J connectivity index is 1.45. The zero-order valence-electron chi connectivity index (χ0n) is 17.8. The summed E-state index contributed by atoms with van der Waals surface area (Å²) in [7, 11) is 6.95. The van der Waals surface area contributed by atoms with Gasteiger partial charge in [0, 0.05) is 18.6 Å². The Kier molecular flexibility index (Phi) is 3.98. The quantitative estimate of drug-likeness (QED) is 0.622. The van der Waals surface area contributed by atoms with E-state index in [1.54, 1.807) is 6.42 Å². The number of rotatable bonds is 1. The molecule has 1 saturated heterocycles. The summed E-state index contributed by atoms with van der Waals surface area (Å²) in [6.07, 6.45) is 14.4. The van der Waals surface area contributed by atoms with Gasteiger partial charge >= 0.3 is 0 Å². The van der Waals surface area contributed by atoms with Crippen molar-refractivity contribution in [1.29, 1.82) is 0 Å². The smallest absolute Gasteiger partial charge is 0.0127 e. The number of likely N-dealkylation sites (tertiary alicyclic amines) is 1. The van der Waals surface area contributed by atoms with Crippen molar-refractivity contribution in [1.82, 2.24) is 9.80 Å². The van der Waals surface area contributed by atoms with Gasteiger partial charge in [0.05, 0.1) is 0 Å². The summed E-state index contributed by atoms with van der Waals surface area (Å²) in [6.45, 7) is 6.54. The van der Waals surface area contributed by atoms with Crippen molar-refractivity contribution < 1.29 is 0 Å². The maximum atomic E-state index is 2.74. The summed E-state index contributed by atoms with van der Waals surface area (Å²) >= 11 is 0. The third-order valence-electron chi connectivity index (χ3n) is 10.3. The second kappa shape index (κ2) is 5.83. The molecular formula is C24H40N2. The number of fused-ring (bicyclic) bond motifs is 5. The molecule has 5 rings (SSSR count). The zero-order chi connectivity index (χ0) is 18.3. The molecule has 0 radical (unpaired) electrons. The molecule has 8 unspecified atom stereocenters. The second-order valence-electron chi connectivity index (χ2n) is 11.4. The Bertz CT molecular complexity index is 609. The van der Waals surface area contributed by atoms with Crippen molar-refractivity contribution in [2.24, 2.45) is 34.5 Å². The maximum Gasteiger partial charge on any atom is 0.0127 e. The van der Waals surface area contributed by atoms with Crippen molar-refractivity contribution >= 4 is 0 Å². The highest BCUT2D eigenvalue weighted by molar-refractivity contribution is 5.26. The molecule has 1 spiro atoms. The van der Waals surface area contributed by atoms with Gasteiger partial charge in [-0.15, -0.1) is 0 Å². The van der Waals surface area contributed by atoms with Gasteiger partial charge in [0.2, 0.25) is 0 Å². The molecule has 146 valence electrons. The van der Waals surface area contributed by atoms with Crippen LogP contribution in [0.5, 0.6) is 0 Å². The van der Waals surface area contributed by atoms with Gasteiger partial charge in [0.15, 0.2) is 0 Å². The van der Waals surface area contributed by atoms with E-state index >= 15 is 0 Å². The van der Waals surface area contributed by atoms with Crippen LogP contribution >= 0.6 is 0 Å². The number of nitrogens with zero attached hydrogens (tertiary/aromatic N) is 2. The van der Waals surface area contributed by atoms with E-state index < -0.39 is 0 Å². The highest BCUT2D eigenvalue weighted by Gasteiger charge is 2.61. The molecule has 0 aromatic rings. The monoisotopic (exact) mass is 356 g/mol. The van der Waals surface area contributed by atoms with Crippen LogP contribution in [0.1, 0.15) is 65.2 Å². The van der Waals surface area contributed by atoms with E-state index in [9.17, 15) is 0 Å². The summed E-state index contributed by atoms with van der Waals surface area (Å²) in [5.74, 6) is 3.94. The summed E-state index contributed by atoms with van der Waals surface area (Å²) in [5, 5.41) is 0. The molecule has 1 heterocycles. The second-order valence-corrected chi connectivity index (χ2v) is 11.4. The van der Waals surface area contributed by atoms with E-state index in [1.165, 1.54) is 51.5 Å². The predicted molar refractivity (Wildman–Crippen MR) is 109 cm³/mol. The van der Waals surface area contributed by atoms with Crippen molar-refractivity contribution in [2.45, 2.75) is 77.3 Å². The van der Waals surface area contributed by atoms with Gasteiger partial charge in [-0.1, -0.05) is 18.6 Å². The Hall–Kier alpha value is -0.340. The maximum absolute atomic E-state index is 2.74. The van der Waals surface area contributed by atoms with Crippen LogP contribution in [-0.4, -0.2) is 49.6 Å². The van der Waals surface area contributed by atoms with E-state index in [1.807, 2.05) is 5.57 Å². The van der Waals surface area contributed by atoms with Crippen LogP contribution in [0.15, 0.2) is 11.6 Å². The molecule has 0 aromatic heterocycles. The average molecular weight is 357 g/mol. The fraction of sp³-hybridized carbons (Fsp3) is 0.917. The van der Waals surface area contributed by atoms with Gasteiger partial charge in [-0.3, -0.25) is 0 Å². The minimum atomic E-state index is 0.519. The lowest BCUT2D eigenvalue weighted by Gasteiger charge is -2.59. The minimum Gasteiger partial charge on any atom is -0.306 e. The number of piperidine rings is 1. The molecule has 5 aliphatic rings. The highest BCUT2D eigenvalue weighted by atomic mass is 15.2. The number of allylic oxidation sites excluding steroid dienone is 1. The molecule has 4 aliphatic carbocycles. The van der Waals surface area contributed by atoms with Gasteiger partial charge in [-0.2, -0.15) is 0 Å². The third-order valence-corrected chi connectivity index (χ3v) is 10.3. The summed E-state index contributed by atoms with van der Waals surface area (Å²) in [5.41, 5.74) is 3.03. The molecule has 4 fully saturated rings. The molecule has 0 amide bonds. The van der Waals surface area contributed by atoms with Crippen LogP contribution in [0.2, 0.25) is 0 Å². The lowest BCUT2D eigenvalue weighted by atomic mass is 9.47. The van der Waals surface area contributed by atoms with E-state index in [0.717, 1.165) is 35.8 Å². The molecule has 2 bridgehead atoms. The first-order chi connectivity index (χ1) is 12.3. The molecule has 8 atom stereocenters. The SMILES string of the molecule is CC1C2CC3C4CC=C5CC(N(C)C)CCC5(C)C4CCC3(C2)CN1C. The van der Waals surface area contributed by atoms with Crippen LogP contribution < -0.4 is 0 Å². The van der Waals surface area contributed by atoms with E-state index in [0.29, 0.717) is 10.8 Å². The molecule has 1 aliphatic heterocycles. The Labute approximate surface area is 161 Å². The topological polar surface area (TPSA) is 6.48 Å². The molecule has 3 saturated carbocycles. The zero-order valence-corrected chi connectivity index (χ0v) is 17.8. The molecule has 2 nitrogen and oxygen atoms in total. The van der Waals surface area contributed by atoms with Crippen LogP contribution in [0.3, 0.4) is 0 Å². The highest BCUT2D eigenvalue weighted by Crippen LogP contribution is 2.67. The minimum absolute atomic E-state index is 0.519. The van der Waals surface area contributed by atoms with Crippen molar-refractivity contribution in [2.75, 3.05) is 27.7 Å². The molecule has 0 N–H and O–H groups in total. The van der Waals surface area contributed by atoms with Crippen molar-refractivity contribution in [3.63, 3.8) is 0 Å². The molecule has 26 heavy (non-hydrogen) atoms. The van der Waals surface area contributed by atoms with Crippen LogP contribution in [0, 0.1) is 34.5 Å². The van der Waals surface area contributed by atoms with E-state index in [-0.39, 0.29) is 0 Å². The van der Waals surface area contributed by atoms with Gasteiger partial charge < -0.3 is 9.80 Å². The van der Waals surface area contributed by atoms with Gasteiger partial charge in [-0.05, 0) is 114 Å². The summed E-state index contributed by atoms with van der Waals surface area (Å²) in [6, 6.07) is 1.59. The Morgan fingerprint density at radius 1 is 1.15 bits per heavy atom. The van der Waals surface area contributed by atoms with Gasteiger partial charge in [0.25, 0.3) is 0 Å². The van der Waals surface area contributed by atoms with Crippen molar-refractivity contribution in [3.05, 3.63) is 11.6 Å². The van der Waals surface area contributed by atoms with Crippen LogP contribution in [0.25, 0.3) is 0 Å². The largest absolute Gasteiger partial charge is 0.306 e. The fourth-order valence-electron chi connectivity index (χ4n) is 8.61. The molecular weight excluding hydrogens is 316 g/mol. The lowest BCUT2D eigenvalue weighted by Crippen LogP contribution is -2.54. The van der Waals surface area contributed by atoms with Gasteiger partial charge in [0.1, 0.15) is 0 Å². The first-order valence-electron chi connectivity index (χ1n) is 11.4. The Morgan fingerprint density at radius 3 is 2.73 bits per heavy atom. The summed E-state index contributed by atoms with van der Waals surface area (Å²) in [4.78, 5) is 5.18. The predicted octanol–water partition coefficient (Wildman–Crippen LogP) is 4.81. The number of hydrogen-bond acceptors (Lipinski definition) is 2. The van der Waals surface area contributed by atoms with E-state index in [2.05, 4.69) is 50.9 Å². The summed E-state index contributed by atoms with van der Waals surface area (Å²) < 4.78 is 0. The van der Waals surface area contributed by atoms with Crippen LogP contribution in [-0.2, 0) is 0 Å². The standard InChI is InChI=1S/C24H40N2/c1-16-17-12-22-20-7-6-18-13-19(25(3)4)8-10-23(18,2)21(20)9-11-24(22,14-17)15-26(16)5/h6,16-17,19-22H,7-15H2,1-5H3. The van der Waals surface area contributed by atoms with Crippen LogP contribution in [0.4, 0.5) is 0 Å². The van der Waals surface area contributed by atoms with E-state index in [4.69, 9.17) is 0 Å². The molecule has 2 heteroatoms. The fourth-order valence-corrected chi connectivity index (χ4v) is 8.61. The first-order valence-corrected chi connectivity index (χ1v) is 11.4. The van der Waals surface area contributed by atoms with Crippen molar-refractivity contribution in [3.8, 4) is 0 Å². The van der Waals surface area contributed by atoms with Gasteiger partial charge in [-0.25, -0.2) is 0 Å².